The first-order chi connectivity index (χ1) is 12.8. The number of rotatable bonds is 4. The molecule has 144 valence electrons. The van der Waals surface area contributed by atoms with Crippen molar-refractivity contribution in [3.05, 3.63) is 45.8 Å². The summed E-state index contributed by atoms with van der Waals surface area (Å²) in [4.78, 5) is 36.4. The van der Waals surface area contributed by atoms with Crippen LogP contribution in [0.2, 0.25) is 0 Å². The first-order valence-corrected chi connectivity index (χ1v) is 9.28. The van der Waals surface area contributed by atoms with Gasteiger partial charge in [0.05, 0.1) is 0 Å². The number of benzene rings is 1. The molecule has 0 saturated heterocycles. The fourth-order valence-electron chi connectivity index (χ4n) is 3.71. The van der Waals surface area contributed by atoms with Crippen molar-refractivity contribution < 1.29 is 18.7 Å². The molecule has 27 heavy (non-hydrogen) atoms. The fraction of sp³-hybridized carbons (Fsp3) is 0.476. The Morgan fingerprint density at radius 3 is 2.63 bits per heavy atom. The zero-order valence-corrected chi connectivity index (χ0v) is 16.0. The Hall–Kier alpha value is -2.63. The van der Waals surface area contributed by atoms with E-state index in [0.29, 0.717) is 29.9 Å². The summed E-state index contributed by atoms with van der Waals surface area (Å²) in [5, 5.41) is 3.55. The second-order valence-corrected chi connectivity index (χ2v) is 7.61. The third-order valence-electron chi connectivity index (χ3n) is 5.28. The lowest BCUT2D eigenvalue weighted by molar-refractivity contribution is -0.157. The van der Waals surface area contributed by atoms with Crippen LogP contribution in [-0.2, 0) is 20.9 Å². The third-order valence-corrected chi connectivity index (χ3v) is 5.28. The summed E-state index contributed by atoms with van der Waals surface area (Å²) in [6, 6.07) is 6.89. The van der Waals surface area contributed by atoms with Crippen molar-refractivity contribution in [2.75, 3.05) is 0 Å². The Labute approximate surface area is 157 Å². The smallest absolute Gasteiger partial charge is 0.336 e. The van der Waals surface area contributed by atoms with E-state index in [2.05, 4.69) is 12.2 Å². The molecule has 1 aliphatic rings. The number of carbonyl (C=O) groups excluding carboxylic acids is 2. The van der Waals surface area contributed by atoms with Gasteiger partial charge in [-0.25, -0.2) is 9.59 Å². The molecule has 1 N–H and O–H groups in total. The number of esters is 1. The van der Waals surface area contributed by atoms with Crippen molar-refractivity contribution in [1.29, 1.82) is 0 Å². The molecule has 2 aromatic rings. The van der Waals surface area contributed by atoms with Gasteiger partial charge in [0.25, 0.3) is 0 Å². The Balaban J connectivity index is 1.82. The monoisotopic (exact) mass is 371 g/mol. The molecule has 0 bridgehead atoms. The summed E-state index contributed by atoms with van der Waals surface area (Å²) in [7, 11) is 0. The van der Waals surface area contributed by atoms with Crippen LogP contribution >= 0.6 is 0 Å². The topological polar surface area (TPSA) is 85.6 Å². The molecule has 0 aliphatic heterocycles. The van der Waals surface area contributed by atoms with E-state index >= 15 is 0 Å². The molecular formula is C21H25NO5. The molecule has 0 atom stereocenters. The van der Waals surface area contributed by atoms with Crippen molar-refractivity contribution in [3.63, 3.8) is 0 Å². The Bertz CT molecular complexity index is 922. The van der Waals surface area contributed by atoms with Crippen LogP contribution in [0, 0.1) is 12.8 Å². The van der Waals surface area contributed by atoms with E-state index in [0.717, 1.165) is 23.8 Å². The summed E-state index contributed by atoms with van der Waals surface area (Å²) in [5.74, 6) is -0.175. The van der Waals surface area contributed by atoms with Gasteiger partial charge in [-0.3, -0.25) is 4.79 Å². The van der Waals surface area contributed by atoms with Gasteiger partial charge in [-0.1, -0.05) is 19.1 Å². The van der Waals surface area contributed by atoms with Gasteiger partial charge in [-0.15, -0.1) is 0 Å². The highest BCUT2D eigenvalue weighted by atomic mass is 16.5. The zero-order valence-electron chi connectivity index (χ0n) is 16.0. The minimum Gasteiger partial charge on any atom is -0.459 e. The molecule has 1 heterocycles. The molecule has 1 aromatic heterocycles. The quantitative estimate of drug-likeness (QED) is 0.659. The largest absolute Gasteiger partial charge is 0.459 e. The van der Waals surface area contributed by atoms with Crippen LogP contribution in [0.3, 0.4) is 0 Å². The van der Waals surface area contributed by atoms with E-state index in [9.17, 15) is 14.4 Å². The molecule has 1 aromatic carbocycles. The van der Waals surface area contributed by atoms with Gasteiger partial charge < -0.3 is 14.5 Å². The maximum atomic E-state index is 12.9. The number of hydrogen-bond acceptors (Lipinski definition) is 5. The summed E-state index contributed by atoms with van der Waals surface area (Å²) < 4.78 is 10.8. The first-order valence-electron chi connectivity index (χ1n) is 9.28. The zero-order chi connectivity index (χ0) is 19.6. The molecule has 3 rings (SSSR count). The second kappa shape index (κ2) is 7.55. The van der Waals surface area contributed by atoms with Crippen molar-refractivity contribution in [1.82, 2.24) is 5.32 Å². The predicted octanol–water partition coefficient (Wildman–Crippen LogP) is 3.23. The molecule has 1 amide bonds. The van der Waals surface area contributed by atoms with Crippen molar-refractivity contribution >= 4 is 22.8 Å². The van der Waals surface area contributed by atoms with Crippen LogP contribution in [0.1, 0.15) is 50.7 Å². The van der Waals surface area contributed by atoms with Crippen molar-refractivity contribution in [3.8, 4) is 0 Å². The number of aryl methyl sites for hydroxylation is 1. The minimum absolute atomic E-state index is 0.0408. The molecule has 1 fully saturated rings. The average molecular weight is 371 g/mol. The van der Waals surface area contributed by atoms with E-state index < -0.39 is 17.1 Å². The highest BCUT2D eigenvalue weighted by molar-refractivity contribution is 5.87. The minimum atomic E-state index is -0.982. The maximum Gasteiger partial charge on any atom is 0.336 e. The van der Waals surface area contributed by atoms with Gasteiger partial charge in [0.2, 0.25) is 5.91 Å². The number of carbonyl (C=O) groups is 2. The van der Waals surface area contributed by atoms with E-state index in [-0.39, 0.29) is 12.5 Å². The lowest BCUT2D eigenvalue weighted by Gasteiger charge is -2.37. The van der Waals surface area contributed by atoms with E-state index in [1.54, 1.807) is 6.07 Å². The summed E-state index contributed by atoms with van der Waals surface area (Å²) >= 11 is 0. The maximum absolute atomic E-state index is 12.9. The molecule has 1 aliphatic carbocycles. The number of ether oxygens (including phenoxy) is 1. The van der Waals surface area contributed by atoms with Gasteiger partial charge in [-0.05, 0) is 50.2 Å². The molecule has 6 nitrogen and oxygen atoms in total. The molecule has 0 spiro atoms. The number of fused-ring (bicyclic) bond motifs is 1. The normalized spacial score (nSPS) is 22.4. The van der Waals surface area contributed by atoms with E-state index in [4.69, 9.17) is 9.15 Å². The number of nitrogens with one attached hydrogen (secondary N) is 1. The van der Waals surface area contributed by atoms with E-state index in [1.807, 2.05) is 19.1 Å². The van der Waals surface area contributed by atoms with Crippen molar-refractivity contribution in [2.45, 2.75) is 58.6 Å². The lowest BCUT2D eigenvalue weighted by Crippen LogP contribution is -2.56. The standard InChI is InChI=1S/C21H25NO5/c1-13-6-8-21(9-7-13,22-15(3)23)20(25)26-12-16-11-19(24)27-18-10-14(2)4-5-17(16)18/h4-5,10-11,13H,6-9,12H2,1-3H3,(H,22,23). The van der Waals surface area contributed by atoms with Crippen LogP contribution in [0.25, 0.3) is 11.0 Å². The fourth-order valence-corrected chi connectivity index (χ4v) is 3.71. The summed E-state index contributed by atoms with van der Waals surface area (Å²) in [6.07, 6.45) is 2.83. The van der Waals surface area contributed by atoms with Crippen LogP contribution in [-0.4, -0.2) is 17.4 Å². The second-order valence-electron chi connectivity index (χ2n) is 7.61. The SMILES string of the molecule is CC(=O)NC1(C(=O)OCc2cc(=O)oc3cc(C)ccc23)CCC(C)CC1. The Morgan fingerprint density at radius 2 is 1.96 bits per heavy atom. The van der Waals surface area contributed by atoms with Gasteiger partial charge in [-0.2, -0.15) is 0 Å². The van der Waals surface area contributed by atoms with Crippen LogP contribution in [0.4, 0.5) is 0 Å². The molecule has 6 heteroatoms. The van der Waals surface area contributed by atoms with Crippen LogP contribution < -0.4 is 10.9 Å². The predicted molar refractivity (Wildman–Crippen MR) is 101 cm³/mol. The van der Waals surface area contributed by atoms with Gasteiger partial charge >= 0.3 is 11.6 Å². The highest BCUT2D eigenvalue weighted by Gasteiger charge is 2.43. The summed E-state index contributed by atoms with van der Waals surface area (Å²) in [5.41, 5.74) is 0.570. The van der Waals surface area contributed by atoms with Gasteiger partial charge in [0.1, 0.15) is 17.7 Å². The number of amides is 1. The van der Waals surface area contributed by atoms with Crippen LogP contribution in [0.5, 0.6) is 0 Å². The van der Waals surface area contributed by atoms with Gasteiger partial charge in [0.15, 0.2) is 0 Å². The molecule has 0 unspecified atom stereocenters. The Kier molecular flexibility index (Phi) is 5.35. The lowest BCUT2D eigenvalue weighted by atomic mass is 9.77. The highest BCUT2D eigenvalue weighted by Crippen LogP contribution is 2.33. The average Bonchev–Trinajstić information content (AvgIpc) is 2.60. The van der Waals surface area contributed by atoms with Crippen LogP contribution in [0.15, 0.2) is 33.5 Å². The first kappa shape index (κ1) is 19.1. The molecule has 1 saturated carbocycles. The van der Waals surface area contributed by atoms with Crippen molar-refractivity contribution in [2.24, 2.45) is 5.92 Å². The Morgan fingerprint density at radius 1 is 1.26 bits per heavy atom. The van der Waals surface area contributed by atoms with E-state index in [1.165, 1.54) is 13.0 Å². The molecule has 0 radical (unpaired) electrons. The molecular weight excluding hydrogens is 346 g/mol. The summed E-state index contributed by atoms with van der Waals surface area (Å²) in [6.45, 7) is 5.42. The van der Waals surface area contributed by atoms with Gasteiger partial charge in [0, 0.05) is 23.9 Å². The number of hydrogen-bond donors (Lipinski definition) is 1. The third kappa shape index (κ3) is 4.21.